The molecule has 0 spiro atoms. The van der Waals surface area contributed by atoms with Gasteiger partial charge < -0.3 is 15.5 Å². The number of carboxylic acid groups (broad SMARTS) is 1. The summed E-state index contributed by atoms with van der Waals surface area (Å²) in [5.41, 5.74) is 0.860. The summed E-state index contributed by atoms with van der Waals surface area (Å²) in [5, 5.41) is 39.8. The Kier molecular flexibility index (Phi) is 12.2. The summed E-state index contributed by atoms with van der Waals surface area (Å²) in [6, 6.07) is 7.42. The van der Waals surface area contributed by atoms with E-state index in [9.17, 15) is 33.0 Å². The number of aliphatic carboxylic acids is 1. The van der Waals surface area contributed by atoms with Crippen LogP contribution in [0.3, 0.4) is 0 Å². The number of hydrogen-bond acceptors (Lipinski definition) is 11. The summed E-state index contributed by atoms with van der Waals surface area (Å²) in [4.78, 5) is 39.0. The van der Waals surface area contributed by atoms with E-state index >= 15 is 0 Å². The molecule has 0 bridgehead atoms. The van der Waals surface area contributed by atoms with Crippen molar-refractivity contribution in [1.29, 1.82) is 0 Å². The van der Waals surface area contributed by atoms with E-state index < -0.39 is 45.3 Å². The van der Waals surface area contributed by atoms with Crippen molar-refractivity contribution in [3.63, 3.8) is 0 Å². The Morgan fingerprint density at radius 2 is 1.75 bits per heavy atom. The number of β-lactam (4-membered cyclic amide) rings is 1. The zero-order valence-electron chi connectivity index (χ0n) is 24.1. The van der Waals surface area contributed by atoms with Crippen LogP contribution in [0.2, 0.25) is 0 Å². The van der Waals surface area contributed by atoms with Crippen molar-refractivity contribution >= 4 is 51.3 Å². The number of primary sulfonamides is 1. The number of aliphatic hydroxyl groups is 1. The van der Waals surface area contributed by atoms with E-state index in [1.807, 2.05) is 0 Å². The highest BCUT2D eigenvalue weighted by Crippen LogP contribution is 2.41. The number of thioether (sulfide) groups is 2. The third-order valence-corrected chi connectivity index (χ3v) is 10.6. The lowest BCUT2D eigenvalue weighted by Gasteiger charge is -2.49. The highest BCUT2D eigenvalue weighted by atomic mass is 32.2. The van der Waals surface area contributed by atoms with Gasteiger partial charge >= 0.3 is 5.97 Å². The maximum Gasteiger partial charge on any atom is 0.352 e. The number of carboxylic acids is 1. The van der Waals surface area contributed by atoms with Gasteiger partial charge in [-0.3, -0.25) is 14.5 Å². The van der Waals surface area contributed by atoms with Gasteiger partial charge in [-0.05, 0) is 34.4 Å². The Labute approximate surface area is 264 Å². The fourth-order valence-corrected chi connectivity index (χ4v) is 8.03. The Bertz CT molecular complexity index is 1450. The van der Waals surface area contributed by atoms with Crippen molar-refractivity contribution in [2.24, 2.45) is 5.14 Å². The first-order chi connectivity index (χ1) is 21.1. The number of carbonyl (C=O) groups excluding carboxylic acids is 2. The molecule has 5 N–H and O–H groups in total. The van der Waals surface area contributed by atoms with Gasteiger partial charge in [-0.2, -0.15) is 0 Å². The van der Waals surface area contributed by atoms with Crippen LogP contribution in [0.4, 0.5) is 0 Å². The molecule has 0 saturated carbocycles. The molecule has 14 nitrogen and oxygen atoms in total. The molecule has 3 heterocycles. The van der Waals surface area contributed by atoms with Crippen LogP contribution in [-0.4, -0.2) is 90.2 Å². The molecule has 240 valence electrons. The standard InChI is InChI=1S/C27H37N7O7S3/c28-44(40,41)15-11-6-4-2-1-3-5-10-14-33-27(30-31-32-33)43-17-19-16-42-25-20(24(37)34(25)21(19)26(38)39)29-23(36)22(35)18-12-8-7-9-13-18/h7-9,12-13,20,22,25,35H,1-6,10-11,14-17H2,(H,29,36)(H,38,39)(H2,28,40,41)/t20?,22-,25-/m1/s1. The first-order valence-electron chi connectivity index (χ1n) is 14.4. The van der Waals surface area contributed by atoms with Crippen LogP contribution in [0, 0.1) is 0 Å². The SMILES string of the molecule is NS(=O)(=O)CCCCCCCCCCn1nnnc1SCC1=C(C(=O)O)N2C(=O)C(NC(=O)[C@H](O)c3ccccc3)[C@H]2SC1. The monoisotopic (exact) mass is 667 g/mol. The summed E-state index contributed by atoms with van der Waals surface area (Å²) in [6.45, 7) is 0.617. The normalized spacial score (nSPS) is 19.0. The summed E-state index contributed by atoms with van der Waals surface area (Å²) in [7, 11) is -3.38. The number of carbonyl (C=O) groups is 3. The number of sulfonamides is 1. The molecule has 17 heteroatoms. The average molecular weight is 668 g/mol. The zero-order chi connectivity index (χ0) is 31.7. The van der Waals surface area contributed by atoms with Crippen LogP contribution in [0.1, 0.15) is 63.0 Å². The number of nitrogens with two attached hydrogens (primary N) is 1. The lowest BCUT2D eigenvalue weighted by Crippen LogP contribution is -2.70. The van der Waals surface area contributed by atoms with E-state index in [0.29, 0.717) is 35.0 Å². The van der Waals surface area contributed by atoms with E-state index in [2.05, 4.69) is 20.8 Å². The predicted octanol–water partition coefficient (Wildman–Crippen LogP) is 1.65. The van der Waals surface area contributed by atoms with Crippen LogP contribution >= 0.6 is 23.5 Å². The topological polar surface area (TPSA) is 211 Å². The van der Waals surface area contributed by atoms with E-state index in [1.165, 1.54) is 28.4 Å². The van der Waals surface area contributed by atoms with Crippen LogP contribution in [0.25, 0.3) is 0 Å². The molecule has 2 aliphatic heterocycles. The van der Waals surface area contributed by atoms with E-state index in [-0.39, 0.29) is 17.2 Å². The number of aliphatic hydroxyl groups excluding tert-OH is 1. The zero-order valence-corrected chi connectivity index (χ0v) is 26.5. The van der Waals surface area contributed by atoms with Gasteiger partial charge in [0.1, 0.15) is 17.1 Å². The number of benzene rings is 1. The fraction of sp³-hybridized carbons (Fsp3) is 0.556. The predicted molar refractivity (Wildman–Crippen MR) is 165 cm³/mol. The van der Waals surface area contributed by atoms with Crippen LogP contribution < -0.4 is 10.5 Å². The molecule has 3 atom stereocenters. The molecular formula is C27H37N7O7S3. The number of hydrogen-bond donors (Lipinski definition) is 4. The molecule has 2 amide bonds. The molecule has 1 unspecified atom stereocenters. The molecule has 0 aliphatic carbocycles. The van der Waals surface area contributed by atoms with Gasteiger partial charge in [-0.25, -0.2) is 23.0 Å². The number of rotatable bonds is 18. The Morgan fingerprint density at radius 3 is 2.41 bits per heavy atom. The third-order valence-electron chi connectivity index (χ3n) is 7.33. The second-order valence-electron chi connectivity index (χ2n) is 10.6. The molecule has 44 heavy (non-hydrogen) atoms. The second-order valence-corrected chi connectivity index (χ2v) is 14.4. The lowest BCUT2D eigenvalue weighted by molar-refractivity contribution is -0.151. The summed E-state index contributed by atoms with van der Waals surface area (Å²) >= 11 is 2.66. The highest BCUT2D eigenvalue weighted by Gasteiger charge is 2.54. The van der Waals surface area contributed by atoms with E-state index in [0.717, 1.165) is 44.9 Å². The number of amides is 2. The number of tetrazole rings is 1. The quantitative estimate of drug-likeness (QED) is 0.102. The van der Waals surface area contributed by atoms with Gasteiger partial charge in [-0.1, -0.05) is 80.6 Å². The number of nitrogens with one attached hydrogen (secondary N) is 1. The average Bonchev–Trinajstić information content (AvgIpc) is 3.45. The minimum atomic E-state index is -3.38. The van der Waals surface area contributed by atoms with E-state index in [4.69, 9.17) is 5.14 Å². The van der Waals surface area contributed by atoms with Gasteiger partial charge in [0.05, 0.1) is 5.75 Å². The van der Waals surface area contributed by atoms with Crippen molar-refractivity contribution in [3.05, 3.63) is 47.2 Å². The summed E-state index contributed by atoms with van der Waals surface area (Å²) in [6.07, 6.45) is 5.99. The molecule has 0 radical (unpaired) electrons. The van der Waals surface area contributed by atoms with Crippen molar-refractivity contribution in [2.75, 3.05) is 17.3 Å². The third kappa shape index (κ3) is 9.03. The van der Waals surface area contributed by atoms with Gasteiger partial charge in [0.25, 0.3) is 11.8 Å². The number of aryl methyl sites for hydroxylation is 1. The summed E-state index contributed by atoms with van der Waals surface area (Å²) in [5.74, 6) is -1.82. The number of fused-ring (bicyclic) bond motifs is 1. The van der Waals surface area contributed by atoms with Crippen LogP contribution in [0.15, 0.2) is 46.8 Å². The molecule has 2 aliphatic rings. The Balaban J connectivity index is 1.23. The first kappa shape index (κ1) is 33.9. The lowest BCUT2D eigenvalue weighted by atomic mass is 10.0. The highest BCUT2D eigenvalue weighted by molar-refractivity contribution is 8.01. The number of aromatic nitrogens is 4. The van der Waals surface area contributed by atoms with Crippen LogP contribution in [0.5, 0.6) is 0 Å². The maximum absolute atomic E-state index is 13.0. The van der Waals surface area contributed by atoms with Crippen molar-refractivity contribution in [2.45, 2.75) is 80.6 Å². The van der Waals surface area contributed by atoms with Gasteiger partial charge in [0, 0.05) is 18.1 Å². The number of nitrogens with zero attached hydrogens (tertiary/aromatic N) is 5. The second kappa shape index (κ2) is 15.8. The van der Waals surface area contributed by atoms with E-state index in [1.54, 1.807) is 35.0 Å². The molecule has 2 aromatic rings. The Morgan fingerprint density at radius 1 is 1.09 bits per heavy atom. The minimum Gasteiger partial charge on any atom is -0.477 e. The van der Waals surface area contributed by atoms with Crippen molar-refractivity contribution in [3.8, 4) is 0 Å². The Hall–Kier alpha value is -2.99. The molecular weight excluding hydrogens is 631 g/mol. The van der Waals surface area contributed by atoms with Crippen molar-refractivity contribution < 1.29 is 33.0 Å². The molecule has 1 aromatic carbocycles. The minimum absolute atomic E-state index is 0.0331. The molecule has 1 fully saturated rings. The first-order valence-corrected chi connectivity index (χ1v) is 18.1. The number of unbranched alkanes of at least 4 members (excludes halogenated alkanes) is 7. The molecule has 4 rings (SSSR count). The van der Waals surface area contributed by atoms with Gasteiger partial charge in [0.2, 0.25) is 15.2 Å². The smallest absolute Gasteiger partial charge is 0.352 e. The molecule has 1 saturated heterocycles. The fourth-order valence-electron chi connectivity index (χ4n) is 5.03. The van der Waals surface area contributed by atoms with Crippen molar-refractivity contribution in [1.82, 2.24) is 30.4 Å². The van der Waals surface area contributed by atoms with Gasteiger partial charge in [-0.15, -0.1) is 16.9 Å². The van der Waals surface area contributed by atoms with Gasteiger partial charge in [0.15, 0.2) is 6.10 Å². The summed E-state index contributed by atoms with van der Waals surface area (Å²) < 4.78 is 23.6. The molecule has 1 aromatic heterocycles. The van der Waals surface area contributed by atoms with Crippen LogP contribution in [-0.2, 0) is 31.0 Å². The maximum atomic E-state index is 13.0. The largest absolute Gasteiger partial charge is 0.477 e.